The van der Waals surface area contributed by atoms with Crippen LogP contribution in [0, 0.1) is 34.0 Å². The lowest BCUT2D eigenvalue weighted by molar-refractivity contribution is -0.316. The number of hydrogen-bond donors (Lipinski definition) is 3. The molecule has 282 valence electrons. The second-order valence-corrected chi connectivity index (χ2v) is 16.1. The Morgan fingerprint density at radius 2 is 1.61 bits per heavy atom. The number of methoxy groups -OCH3 is 2. The predicted octanol–water partition coefficient (Wildman–Crippen LogP) is -0.327. The average molecular weight is 723 g/mol. The summed E-state index contributed by atoms with van der Waals surface area (Å²) in [5.74, 6) is -9.71. The lowest BCUT2D eigenvalue weighted by Gasteiger charge is -2.65. The van der Waals surface area contributed by atoms with Crippen molar-refractivity contribution in [2.24, 2.45) is 34.0 Å². The summed E-state index contributed by atoms with van der Waals surface area (Å²) in [6, 6.07) is 0. The minimum absolute atomic E-state index is 0.150. The van der Waals surface area contributed by atoms with Crippen LogP contribution in [-0.2, 0) is 61.8 Å². The molecule has 5 heterocycles. The Bertz CT molecular complexity index is 1610. The molecule has 16 nitrogen and oxygen atoms in total. The van der Waals surface area contributed by atoms with Crippen LogP contribution in [0.15, 0.2) is 11.6 Å². The van der Waals surface area contributed by atoms with Crippen molar-refractivity contribution in [2.45, 2.75) is 113 Å². The molecule has 16 atom stereocenters. The van der Waals surface area contributed by atoms with Gasteiger partial charge in [-0.1, -0.05) is 13.0 Å². The third-order valence-electron chi connectivity index (χ3n) is 14.5. The van der Waals surface area contributed by atoms with Crippen molar-refractivity contribution in [3.8, 4) is 0 Å². The fourth-order valence-corrected chi connectivity index (χ4v) is 12.6. The number of hydrogen-bond acceptors (Lipinski definition) is 16. The standard InChI is InChI=1S/C35H46O16/c1-8-15(2)24(37)49-18-12-19(48-16(3)36)32(26(38)43-6)13-46-21-22(32)31(18)14-47-34(41,27(39)44-7)25(31)29(4)23(21)51-30(5)17-11-20(35(29,30)42)50-28-33(17,40)9-10-45-28/h8,17-23,25,28,40-42H,9-14H2,1-7H3/b15-8+/t17-,18+,19-,20+,21-,22-,23-,25+,28+,29-,30-,31+,32+,33+,34-,35+/m1/s1. The Labute approximate surface area is 293 Å². The first-order valence-corrected chi connectivity index (χ1v) is 17.5. The molecule has 3 saturated carbocycles. The first-order chi connectivity index (χ1) is 23.9. The SMILES string of the molecule is C/C=C(\C)C(=O)O[C@H]1C[C@@H](OC(C)=O)[C@@]2(C(=O)OC)CO[C@H]3[C@H]4O[C@]5(C)[C@H]6C[C@H](O[C@@H]7OCC[C@@]76O)[C@]5(O)[C@@]4(C)[C@H]4[C@]1(CO[C@@]4(O)C(=O)OC)[C@@H]32. The van der Waals surface area contributed by atoms with Crippen molar-refractivity contribution in [1.82, 2.24) is 0 Å². The summed E-state index contributed by atoms with van der Waals surface area (Å²) in [7, 11) is 2.26. The largest absolute Gasteiger partial charge is 0.468 e. The van der Waals surface area contributed by atoms with Crippen LogP contribution in [0.4, 0.5) is 0 Å². The van der Waals surface area contributed by atoms with Crippen LogP contribution >= 0.6 is 0 Å². The first-order valence-electron chi connectivity index (χ1n) is 17.5. The van der Waals surface area contributed by atoms with Gasteiger partial charge in [0.25, 0.3) is 5.79 Å². The zero-order chi connectivity index (χ0) is 36.9. The molecule has 0 aromatic heterocycles. The van der Waals surface area contributed by atoms with Gasteiger partial charge in [-0.25, -0.2) is 9.59 Å². The quantitative estimate of drug-likeness (QED) is 0.188. The number of esters is 4. The van der Waals surface area contributed by atoms with E-state index in [0.29, 0.717) is 0 Å². The Hall–Kier alpha value is -2.70. The number of carbonyl (C=O) groups excluding carboxylic acids is 4. The highest BCUT2D eigenvalue weighted by Crippen LogP contribution is 2.81. The monoisotopic (exact) mass is 722 g/mol. The molecule has 0 amide bonds. The first kappa shape index (κ1) is 35.3. The van der Waals surface area contributed by atoms with E-state index in [0.717, 1.165) is 7.11 Å². The molecule has 0 unspecified atom stereocenters. The number of allylic oxidation sites excluding steroid dienone is 1. The van der Waals surface area contributed by atoms with Gasteiger partial charge in [-0.3, -0.25) is 9.59 Å². The van der Waals surface area contributed by atoms with Crippen LogP contribution in [0.3, 0.4) is 0 Å². The Morgan fingerprint density at radius 3 is 2.25 bits per heavy atom. The highest BCUT2D eigenvalue weighted by molar-refractivity contribution is 5.88. The van der Waals surface area contributed by atoms with E-state index in [4.69, 9.17) is 42.6 Å². The van der Waals surface area contributed by atoms with Crippen LogP contribution in [0.2, 0.25) is 0 Å². The topological polar surface area (TPSA) is 212 Å². The zero-order valence-corrected chi connectivity index (χ0v) is 29.7. The third-order valence-corrected chi connectivity index (χ3v) is 14.5. The van der Waals surface area contributed by atoms with Crippen molar-refractivity contribution in [1.29, 1.82) is 0 Å². The van der Waals surface area contributed by atoms with Crippen molar-refractivity contribution in [3.05, 3.63) is 11.6 Å². The van der Waals surface area contributed by atoms with Crippen molar-refractivity contribution in [2.75, 3.05) is 34.0 Å². The smallest absolute Gasteiger partial charge is 0.366 e. The molecule has 8 fully saturated rings. The summed E-state index contributed by atoms with van der Waals surface area (Å²) in [6.45, 7) is 7.10. The molecule has 5 saturated heterocycles. The van der Waals surface area contributed by atoms with Crippen LogP contribution in [0.25, 0.3) is 0 Å². The van der Waals surface area contributed by atoms with E-state index in [1.807, 2.05) is 0 Å². The molecule has 8 aliphatic rings. The highest BCUT2D eigenvalue weighted by atomic mass is 16.7. The van der Waals surface area contributed by atoms with Gasteiger partial charge in [0, 0.05) is 53.9 Å². The minimum atomic E-state index is -2.81. The van der Waals surface area contributed by atoms with Gasteiger partial charge < -0.3 is 58.0 Å². The highest BCUT2D eigenvalue weighted by Gasteiger charge is 2.94. The van der Waals surface area contributed by atoms with Crippen molar-refractivity contribution in [3.63, 3.8) is 0 Å². The summed E-state index contributed by atoms with van der Waals surface area (Å²) in [4.78, 5) is 54.5. The maximum Gasteiger partial charge on any atom is 0.366 e. The van der Waals surface area contributed by atoms with E-state index in [9.17, 15) is 34.5 Å². The average Bonchev–Trinajstić information content (AvgIpc) is 3.85. The fraction of sp³-hybridized carbons (Fsp3) is 0.829. The number of fused-ring (bicyclic) bond motifs is 11. The molecule has 0 radical (unpaired) electrons. The maximum absolute atomic E-state index is 14.3. The molecule has 5 aliphatic heterocycles. The molecule has 1 spiro atoms. The van der Waals surface area contributed by atoms with Crippen LogP contribution in [0.5, 0.6) is 0 Å². The Morgan fingerprint density at radius 1 is 0.902 bits per heavy atom. The van der Waals surface area contributed by atoms with Gasteiger partial charge in [0.1, 0.15) is 34.4 Å². The number of rotatable bonds is 5. The molecule has 3 N–H and O–H groups in total. The molecule has 3 aliphatic carbocycles. The lowest BCUT2D eigenvalue weighted by Crippen LogP contribution is -2.79. The molecule has 16 heteroatoms. The molecule has 0 aromatic rings. The maximum atomic E-state index is 14.3. The van der Waals surface area contributed by atoms with E-state index < -0.39 is 124 Å². The Kier molecular flexibility index (Phi) is 7.42. The zero-order valence-electron chi connectivity index (χ0n) is 29.7. The summed E-state index contributed by atoms with van der Waals surface area (Å²) >= 11 is 0. The summed E-state index contributed by atoms with van der Waals surface area (Å²) in [5.41, 5.74) is -10.3. The molecular weight excluding hydrogens is 676 g/mol. The van der Waals surface area contributed by atoms with E-state index in [1.165, 1.54) is 14.0 Å². The van der Waals surface area contributed by atoms with Gasteiger partial charge in [0.15, 0.2) is 6.29 Å². The third kappa shape index (κ3) is 3.68. The molecule has 8 rings (SSSR count). The number of carbonyl (C=O) groups is 4. The Balaban J connectivity index is 1.42. The second kappa shape index (κ2) is 10.7. The normalized spacial score (nSPS) is 54.4. The number of ether oxygens (including phenoxy) is 9. The van der Waals surface area contributed by atoms with Gasteiger partial charge in [-0.05, 0) is 27.2 Å². The van der Waals surface area contributed by atoms with Crippen LogP contribution < -0.4 is 0 Å². The van der Waals surface area contributed by atoms with Gasteiger partial charge in [0.05, 0.1) is 52.4 Å². The second-order valence-electron chi connectivity index (χ2n) is 16.1. The van der Waals surface area contributed by atoms with Gasteiger partial charge in [-0.2, -0.15) is 0 Å². The lowest BCUT2D eigenvalue weighted by atomic mass is 9.37. The van der Waals surface area contributed by atoms with E-state index in [2.05, 4.69) is 0 Å². The molecule has 2 bridgehead atoms. The fourth-order valence-electron chi connectivity index (χ4n) is 12.6. The van der Waals surface area contributed by atoms with Crippen molar-refractivity contribution < 1.29 is 77.1 Å². The van der Waals surface area contributed by atoms with E-state index in [1.54, 1.807) is 33.8 Å². The summed E-state index contributed by atoms with van der Waals surface area (Å²) < 4.78 is 54.7. The van der Waals surface area contributed by atoms with Gasteiger partial charge in [0.2, 0.25) is 0 Å². The molecule has 0 aromatic carbocycles. The number of aliphatic hydroxyl groups is 3. The van der Waals surface area contributed by atoms with E-state index in [-0.39, 0.29) is 38.0 Å². The summed E-state index contributed by atoms with van der Waals surface area (Å²) in [5, 5.41) is 38.3. The van der Waals surface area contributed by atoms with E-state index >= 15 is 0 Å². The van der Waals surface area contributed by atoms with Gasteiger partial charge >= 0.3 is 23.9 Å². The molecule has 51 heavy (non-hydrogen) atoms. The van der Waals surface area contributed by atoms with Crippen molar-refractivity contribution >= 4 is 23.9 Å². The van der Waals surface area contributed by atoms with Crippen LogP contribution in [-0.4, -0.2) is 133 Å². The minimum Gasteiger partial charge on any atom is -0.468 e. The predicted molar refractivity (Wildman–Crippen MR) is 165 cm³/mol. The van der Waals surface area contributed by atoms with Gasteiger partial charge in [-0.15, -0.1) is 0 Å². The summed E-state index contributed by atoms with van der Waals surface area (Å²) in [6.07, 6.45) is -5.38. The van der Waals surface area contributed by atoms with Crippen LogP contribution in [0.1, 0.15) is 53.9 Å². The molecular formula is C35H46O16.